The molecule has 2 nitrogen and oxygen atoms in total. The second-order valence-corrected chi connectivity index (χ2v) is 4.54. The smallest absolute Gasteiger partial charge is 0.169 e. The van der Waals surface area contributed by atoms with Crippen molar-refractivity contribution in [3.63, 3.8) is 0 Å². The average molecular weight is 277 g/mol. The van der Waals surface area contributed by atoms with Crippen LogP contribution in [-0.2, 0) is 6.42 Å². The lowest BCUT2D eigenvalue weighted by Crippen LogP contribution is -2.20. The molecule has 0 bridgehead atoms. The first-order chi connectivity index (χ1) is 9.65. The largest absolute Gasteiger partial charge is 0.494 e. The molecule has 2 rings (SSSR count). The summed E-state index contributed by atoms with van der Waals surface area (Å²) in [5.41, 5.74) is 1.48. The molecule has 0 aliphatic carbocycles. The van der Waals surface area contributed by atoms with Gasteiger partial charge in [-0.25, -0.2) is 8.78 Å². The minimum atomic E-state index is -0.364. The molecule has 20 heavy (non-hydrogen) atoms. The second kappa shape index (κ2) is 6.48. The van der Waals surface area contributed by atoms with Crippen LogP contribution in [0.1, 0.15) is 17.2 Å². The predicted octanol–water partition coefficient (Wildman–Crippen LogP) is 3.48. The van der Waals surface area contributed by atoms with Crippen LogP contribution >= 0.6 is 0 Å². The van der Waals surface area contributed by atoms with Crippen LogP contribution in [0, 0.1) is 11.6 Å². The van der Waals surface area contributed by atoms with Gasteiger partial charge < -0.3 is 10.1 Å². The summed E-state index contributed by atoms with van der Waals surface area (Å²) >= 11 is 0. The van der Waals surface area contributed by atoms with Crippen LogP contribution in [0.2, 0.25) is 0 Å². The summed E-state index contributed by atoms with van der Waals surface area (Å²) in [6, 6.07) is 11.1. The molecule has 2 aromatic carbocycles. The van der Waals surface area contributed by atoms with Gasteiger partial charge in [0.05, 0.1) is 7.11 Å². The zero-order valence-electron chi connectivity index (χ0n) is 11.5. The molecule has 0 spiro atoms. The van der Waals surface area contributed by atoms with Gasteiger partial charge in [-0.1, -0.05) is 24.3 Å². The van der Waals surface area contributed by atoms with E-state index in [0.717, 1.165) is 5.56 Å². The van der Waals surface area contributed by atoms with Crippen LogP contribution in [0.3, 0.4) is 0 Å². The third-order valence-corrected chi connectivity index (χ3v) is 3.29. The first-order valence-corrected chi connectivity index (χ1v) is 6.39. The predicted molar refractivity (Wildman–Crippen MR) is 74.9 cm³/mol. The highest BCUT2D eigenvalue weighted by Gasteiger charge is 2.17. The monoisotopic (exact) mass is 277 g/mol. The van der Waals surface area contributed by atoms with Crippen LogP contribution < -0.4 is 10.1 Å². The highest BCUT2D eigenvalue weighted by atomic mass is 19.1. The van der Waals surface area contributed by atoms with Crippen molar-refractivity contribution >= 4 is 0 Å². The number of benzene rings is 2. The molecule has 0 radical (unpaired) electrons. The molecular weight excluding hydrogens is 260 g/mol. The van der Waals surface area contributed by atoms with Crippen molar-refractivity contribution in [2.45, 2.75) is 12.5 Å². The number of hydrogen-bond acceptors (Lipinski definition) is 2. The van der Waals surface area contributed by atoms with E-state index < -0.39 is 0 Å². The van der Waals surface area contributed by atoms with Gasteiger partial charge in [0.2, 0.25) is 0 Å². The maximum atomic E-state index is 14.3. The minimum absolute atomic E-state index is 0.199. The van der Waals surface area contributed by atoms with Crippen LogP contribution in [0.5, 0.6) is 5.75 Å². The van der Waals surface area contributed by atoms with Crippen LogP contribution in [0.4, 0.5) is 8.78 Å². The van der Waals surface area contributed by atoms with Crippen LogP contribution in [0.15, 0.2) is 42.5 Å². The fourth-order valence-corrected chi connectivity index (χ4v) is 2.18. The normalized spacial score (nSPS) is 12.2. The minimum Gasteiger partial charge on any atom is -0.494 e. The lowest BCUT2D eigenvalue weighted by Gasteiger charge is -2.18. The van der Waals surface area contributed by atoms with Gasteiger partial charge in [0.1, 0.15) is 5.82 Å². The third-order valence-electron chi connectivity index (χ3n) is 3.29. The van der Waals surface area contributed by atoms with Gasteiger partial charge in [-0.2, -0.15) is 0 Å². The molecule has 106 valence electrons. The summed E-state index contributed by atoms with van der Waals surface area (Å²) in [5.74, 6) is -0.416. The molecule has 0 aliphatic heterocycles. The fraction of sp³-hybridized carbons (Fsp3) is 0.250. The van der Waals surface area contributed by atoms with Gasteiger partial charge >= 0.3 is 0 Å². The molecule has 0 saturated heterocycles. The molecule has 4 heteroatoms. The maximum absolute atomic E-state index is 14.3. The van der Waals surface area contributed by atoms with Crippen LogP contribution in [-0.4, -0.2) is 14.2 Å². The number of hydrogen-bond donors (Lipinski definition) is 1. The van der Waals surface area contributed by atoms with E-state index in [-0.39, 0.29) is 23.4 Å². The van der Waals surface area contributed by atoms with E-state index in [0.29, 0.717) is 12.0 Å². The van der Waals surface area contributed by atoms with E-state index in [1.807, 2.05) is 0 Å². The topological polar surface area (TPSA) is 21.3 Å². The SMILES string of the molecule is CNC(Cc1ccc(F)cc1)c1cccc(OC)c1F. The zero-order valence-corrected chi connectivity index (χ0v) is 11.5. The number of methoxy groups -OCH3 is 1. The van der Waals surface area contributed by atoms with Crippen molar-refractivity contribution in [1.82, 2.24) is 5.32 Å². The molecule has 1 unspecified atom stereocenters. The Morgan fingerprint density at radius 3 is 2.40 bits per heavy atom. The summed E-state index contributed by atoms with van der Waals surface area (Å²) in [7, 11) is 3.21. The van der Waals surface area contributed by atoms with Crippen molar-refractivity contribution in [2.75, 3.05) is 14.2 Å². The Hall–Kier alpha value is -1.94. The molecule has 0 aliphatic rings. The van der Waals surface area contributed by atoms with E-state index in [1.54, 1.807) is 37.4 Å². The number of ether oxygens (including phenoxy) is 1. The fourth-order valence-electron chi connectivity index (χ4n) is 2.18. The molecule has 0 aromatic heterocycles. The number of rotatable bonds is 5. The highest BCUT2D eigenvalue weighted by Crippen LogP contribution is 2.27. The molecule has 0 saturated carbocycles. The Morgan fingerprint density at radius 2 is 1.80 bits per heavy atom. The van der Waals surface area contributed by atoms with Gasteiger partial charge in [0.15, 0.2) is 11.6 Å². The quantitative estimate of drug-likeness (QED) is 0.903. The highest BCUT2D eigenvalue weighted by molar-refractivity contribution is 5.34. The Bertz CT molecular complexity index is 569. The Labute approximate surface area is 117 Å². The molecule has 2 aromatic rings. The Morgan fingerprint density at radius 1 is 1.10 bits per heavy atom. The van der Waals surface area contributed by atoms with E-state index in [1.165, 1.54) is 19.2 Å². The van der Waals surface area contributed by atoms with Crippen molar-refractivity contribution < 1.29 is 13.5 Å². The van der Waals surface area contributed by atoms with Crippen molar-refractivity contribution in [2.24, 2.45) is 0 Å². The lowest BCUT2D eigenvalue weighted by atomic mass is 9.98. The van der Waals surface area contributed by atoms with Gasteiger partial charge in [-0.05, 0) is 37.2 Å². The standard InChI is InChI=1S/C16H17F2NO/c1-19-14(10-11-6-8-12(17)9-7-11)13-4-3-5-15(20-2)16(13)18/h3-9,14,19H,10H2,1-2H3. The van der Waals surface area contributed by atoms with Gasteiger partial charge in [0.25, 0.3) is 0 Å². The average Bonchev–Trinajstić information content (AvgIpc) is 2.47. The van der Waals surface area contributed by atoms with E-state index >= 15 is 0 Å². The molecule has 0 fully saturated rings. The Balaban J connectivity index is 2.26. The summed E-state index contributed by atoms with van der Waals surface area (Å²) in [6.07, 6.45) is 0.570. The Kier molecular flexibility index (Phi) is 4.69. The lowest BCUT2D eigenvalue weighted by molar-refractivity contribution is 0.380. The third kappa shape index (κ3) is 3.14. The first-order valence-electron chi connectivity index (χ1n) is 6.39. The summed E-state index contributed by atoms with van der Waals surface area (Å²) < 4.78 is 32.1. The summed E-state index contributed by atoms with van der Waals surface area (Å²) in [6.45, 7) is 0. The molecule has 0 heterocycles. The van der Waals surface area contributed by atoms with Crippen molar-refractivity contribution in [3.05, 3.63) is 65.2 Å². The van der Waals surface area contributed by atoms with Crippen molar-refractivity contribution in [1.29, 1.82) is 0 Å². The number of nitrogens with one attached hydrogen (secondary N) is 1. The van der Waals surface area contributed by atoms with Gasteiger partial charge in [-0.15, -0.1) is 0 Å². The summed E-state index contributed by atoms with van der Waals surface area (Å²) in [4.78, 5) is 0. The molecule has 0 amide bonds. The van der Waals surface area contributed by atoms with Gasteiger partial charge in [0, 0.05) is 11.6 Å². The van der Waals surface area contributed by atoms with Crippen molar-refractivity contribution in [3.8, 4) is 5.75 Å². The van der Waals surface area contributed by atoms with Crippen LogP contribution in [0.25, 0.3) is 0 Å². The first kappa shape index (κ1) is 14.5. The van der Waals surface area contributed by atoms with E-state index in [4.69, 9.17) is 4.74 Å². The number of halogens is 2. The molecule has 1 N–H and O–H groups in total. The second-order valence-electron chi connectivity index (χ2n) is 4.54. The van der Waals surface area contributed by atoms with Gasteiger partial charge in [-0.3, -0.25) is 0 Å². The zero-order chi connectivity index (χ0) is 14.5. The molecule has 1 atom stereocenters. The molecular formula is C16H17F2NO. The van der Waals surface area contributed by atoms with E-state index in [2.05, 4.69) is 5.32 Å². The maximum Gasteiger partial charge on any atom is 0.169 e. The number of likely N-dealkylation sites (N-methyl/N-ethyl adjacent to an activating group) is 1. The summed E-state index contributed by atoms with van der Waals surface area (Å²) in [5, 5.41) is 3.08. The van der Waals surface area contributed by atoms with E-state index in [9.17, 15) is 8.78 Å².